The third-order valence-electron chi connectivity index (χ3n) is 5.62. The number of likely N-dealkylation sites (N-methyl/N-ethyl adjacent to an activating group) is 1. The third-order valence-corrected chi connectivity index (χ3v) is 5.85. The first kappa shape index (κ1) is 23.1. The van der Waals surface area contributed by atoms with Gasteiger partial charge in [0.2, 0.25) is 6.79 Å². The minimum Gasteiger partial charge on any atom is -0.428 e. The van der Waals surface area contributed by atoms with Gasteiger partial charge >= 0.3 is 12.1 Å². The van der Waals surface area contributed by atoms with E-state index < -0.39 is 18.9 Å². The SMILES string of the molecule is CCCC(=O)OCOC(=O)N1C(N2CCN(C)CC2)=c2ccccc2=Nc2ccc(Cl)cc21. The lowest BCUT2D eigenvalue weighted by molar-refractivity contribution is -0.151. The monoisotopic (exact) mass is 470 g/mol. The number of carbonyl (C=O) groups is 2. The van der Waals surface area contributed by atoms with Crippen molar-refractivity contribution in [1.29, 1.82) is 0 Å². The molecule has 4 rings (SSSR count). The first-order chi connectivity index (χ1) is 16.0. The summed E-state index contributed by atoms with van der Waals surface area (Å²) in [5.74, 6) is 0.265. The van der Waals surface area contributed by atoms with Gasteiger partial charge in [-0.05, 0) is 43.8 Å². The topological polar surface area (TPSA) is 74.7 Å². The van der Waals surface area contributed by atoms with Crippen molar-refractivity contribution in [1.82, 2.24) is 9.80 Å². The van der Waals surface area contributed by atoms with Crippen molar-refractivity contribution >= 4 is 40.9 Å². The van der Waals surface area contributed by atoms with Crippen LogP contribution in [0.15, 0.2) is 47.5 Å². The van der Waals surface area contributed by atoms with E-state index >= 15 is 0 Å². The Balaban J connectivity index is 1.79. The van der Waals surface area contributed by atoms with Gasteiger partial charge in [-0.25, -0.2) is 14.7 Å². The molecule has 0 aliphatic carbocycles. The van der Waals surface area contributed by atoms with Crippen LogP contribution in [0, 0.1) is 0 Å². The predicted octanol–water partition coefficient (Wildman–Crippen LogP) is 2.86. The van der Waals surface area contributed by atoms with Crippen LogP contribution in [0.1, 0.15) is 19.8 Å². The maximum Gasteiger partial charge on any atom is 0.423 e. The number of esters is 1. The molecule has 0 aromatic heterocycles. The minimum atomic E-state index is -0.663. The van der Waals surface area contributed by atoms with Gasteiger partial charge in [-0.1, -0.05) is 30.7 Å². The molecule has 1 amide bonds. The molecule has 0 unspecified atom stereocenters. The number of carbonyl (C=O) groups excluding carboxylic acids is 2. The summed E-state index contributed by atoms with van der Waals surface area (Å²) in [7, 11) is 2.07. The number of piperazine rings is 1. The third kappa shape index (κ3) is 5.12. The number of benzene rings is 2. The first-order valence-electron chi connectivity index (χ1n) is 11.0. The Bertz CT molecular complexity index is 1160. The lowest BCUT2D eigenvalue weighted by atomic mass is 10.2. The molecule has 0 radical (unpaired) electrons. The number of nitrogens with zero attached hydrogens (tertiary/aromatic N) is 4. The van der Waals surface area contributed by atoms with Gasteiger partial charge in [0.25, 0.3) is 0 Å². The Kier molecular flexibility index (Phi) is 7.15. The van der Waals surface area contributed by atoms with Gasteiger partial charge in [0.15, 0.2) is 0 Å². The fraction of sp³-hybridized carbons (Fsp3) is 0.375. The number of para-hydroxylation sites is 1. The highest BCUT2D eigenvalue weighted by molar-refractivity contribution is 6.31. The molecule has 0 N–H and O–H groups in total. The van der Waals surface area contributed by atoms with Crippen LogP contribution >= 0.6 is 11.6 Å². The summed E-state index contributed by atoms with van der Waals surface area (Å²) in [6.45, 7) is 4.57. The quantitative estimate of drug-likeness (QED) is 0.494. The average Bonchev–Trinajstić information content (AvgIpc) is 2.94. The van der Waals surface area contributed by atoms with Crippen LogP contribution in [-0.2, 0) is 14.3 Å². The maximum atomic E-state index is 13.5. The van der Waals surface area contributed by atoms with Crippen LogP contribution in [-0.4, -0.2) is 61.9 Å². The molecule has 2 heterocycles. The number of fused-ring (bicyclic) bond motifs is 2. The summed E-state index contributed by atoms with van der Waals surface area (Å²) in [6, 6.07) is 12.9. The van der Waals surface area contributed by atoms with E-state index in [0.717, 1.165) is 36.8 Å². The Labute approximate surface area is 197 Å². The fourth-order valence-corrected chi connectivity index (χ4v) is 4.06. The van der Waals surface area contributed by atoms with Crippen LogP contribution in [0.2, 0.25) is 5.02 Å². The minimum absolute atomic E-state index is 0.268. The Hall–Kier alpha value is -3.10. The van der Waals surface area contributed by atoms with Crippen molar-refractivity contribution in [2.75, 3.05) is 44.9 Å². The summed E-state index contributed by atoms with van der Waals surface area (Å²) in [4.78, 5) is 35.9. The first-order valence-corrected chi connectivity index (χ1v) is 11.4. The maximum absolute atomic E-state index is 13.5. The van der Waals surface area contributed by atoms with Crippen LogP contribution in [0.5, 0.6) is 0 Å². The largest absolute Gasteiger partial charge is 0.428 e. The molecule has 174 valence electrons. The van der Waals surface area contributed by atoms with Gasteiger partial charge in [0.1, 0.15) is 5.82 Å². The smallest absolute Gasteiger partial charge is 0.423 e. The highest BCUT2D eigenvalue weighted by atomic mass is 35.5. The molecule has 33 heavy (non-hydrogen) atoms. The van der Waals surface area contributed by atoms with Gasteiger partial charge < -0.3 is 19.3 Å². The second-order valence-corrected chi connectivity index (χ2v) is 8.44. The molecule has 2 aromatic carbocycles. The zero-order valence-electron chi connectivity index (χ0n) is 18.8. The normalized spacial score (nSPS) is 15.8. The summed E-state index contributed by atoms with van der Waals surface area (Å²) in [5.41, 5.74) is 1.11. The highest BCUT2D eigenvalue weighted by Gasteiger charge is 2.32. The van der Waals surface area contributed by atoms with E-state index in [-0.39, 0.29) is 6.42 Å². The van der Waals surface area contributed by atoms with Crippen molar-refractivity contribution in [3.05, 3.63) is 58.1 Å². The zero-order valence-corrected chi connectivity index (χ0v) is 19.5. The van der Waals surface area contributed by atoms with Crippen LogP contribution in [0.25, 0.3) is 5.82 Å². The van der Waals surface area contributed by atoms with Gasteiger partial charge in [0.05, 0.1) is 16.7 Å². The zero-order chi connectivity index (χ0) is 23.4. The number of amides is 1. The van der Waals surface area contributed by atoms with Crippen LogP contribution in [0.3, 0.4) is 0 Å². The molecule has 9 heteroatoms. The molecule has 2 aromatic rings. The molecule has 0 bridgehead atoms. The van der Waals surface area contributed by atoms with Gasteiger partial charge in [-0.15, -0.1) is 0 Å². The summed E-state index contributed by atoms with van der Waals surface area (Å²) < 4.78 is 10.5. The number of anilines is 1. The predicted molar refractivity (Wildman–Crippen MR) is 126 cm³/mol. The van der Waals surface area contributed by atoms with Crippen LogP contribution < -0.4 is 15.5 Å². The number of hydrogen-bond acceptors (Lipinski definition) is 7. The molecule has 0 atom stereocenters. The number of halogens is 1. The van der Waals surface area contributed by atoms with Gasteiger partial charge in [0, 0.05) is 42.8 Å². The van der Waals surface area contributed by atoms with Crippen molar-refractivity contribution in [3.8, 4) is 0 Å². The van der Waals surface area contributed by atoms with E-state index in [1.807, 2.05) is 31.2 Å². The van der Waals surface area contributed by atoms with Gasteiger partial charge in [-0.2, -0.15) is 0 Å². The van der Waals surface area contributed by atoms with E-state index in [1.54, 1.807) is 18.2 Å². The lowest BCUT2D eigenvalue weighted by Crippen LogP contribution is -2.51. The van der Waals surface area contributed by atoms with E-state index in [2.05, 4.69) is 16.8 Å². The second kappa shape index (κ2) is 10.2. The Morgan fingerprint density at radius 1 is 1.06 bits per heavy atom. The van der Waals surface area contributed by atoms with E-state index in [1.165, 1.54) is 4.90 Å². The molecule has 8 nitrogen and oxygen atoms in total. The van der Waals surface area contributed by atoms with E-state index in [9.17, 15) is 9.59 Å². The molecular weight excluding hydrogens is 444 g/mol. The Morgan fingerprint density at radius 3 is 2.58 bits per heavy atom. The van der Waals surface area contributed by atoms with E-state index in [4.69, 9.17) is 26.1 Å². The number of hydrogen-bond donors (Lipinski definition) is 0. The summed E-state index contributed by atoms with van der Waals surface area (Å²) >= 11 is 6.33. The second-order valence-electron chi connectivity index (χ2n) is 8.01. The van der Waals surface area contributed by atoms with Crippen molar-refractivity contribution < 1.29 is 19.1 Å². The molecule has 0 saturated carbocycles. The molecule has 1 fully saturated rings. The standard InChI is InChI=1S/C24H27ClN4O4/c1-3-6-22(30)32-16-33-24(31)29-21-15-17(25)9-10-20(21)26-19-8-5-4-7-18(19)23(29)28-13-11-27(2)12-14-28/h4-5,7-10,15H,3,6,11-14,16H2,1-2H3. The van der Waals surface area contributed by atoms with Crippen molar-refractivity contribution in [3.63, 3.8) is 0 Å². The lowest BCUT2D eigenvalue weighted by Gasteiger charge is -2.39. The molecule has 2 aliphatic rings. The Morgan fingerprint density at radius 2 is 1.82 bits per heavy atom. The molecule has 0 spiro atoms. The molecule has 1 saturated heterocycles. The average molecular weight is 471 g/mol. The van der Waals surface area contributed by atoms with Crippen molar-refractivity contribution in [2.45, 2.75) is 19.8 Å². The van der Waals surface area contributed by atoms with Crippen LogP contribution in [0.4, 0.5) is 16.2 Å². The summed E-state index contributed by atoms with van der Waals surface area (Å²) in [6.07, 6.45) is 0.262. The highest BCUT2D eigenvalue weighted by Crippen LogP contribution is 2.36. The van der Waals surface area contributed by atoms with Crippen molar-refractivity contribution in [2.24, 2.45) is 4.99 Å². The molecule has 2 aliphatic heterocycles. The number of rotatable bonds is 5. The summed E-state index contributed by atoms with van der Waals surface area (Å²) in [5, 5.41) is 2.04. The fourth-order valence-electron chi connectivity index (χ4n) is 3.90. The molecular formula is C24H27ClN4O4. The number of ether oxygens (including phenoxy) is 2. The van der Waals surface area contributed by atoms with Gasteiger partial charge in [-0.3, -0.25) is 4.79 Å². The van der Waals surface area contributed by atoms with E-state index in [0.29, 0.717) is 28.6 Å².